The molecule has 0 spiro atoms. The van der Waals surface area contributed by atoms with E-state index < -0.39 is 23.3 Å². The molecule has 1 aromatic rings. The second kappa shape index (κ2) is 4.35. The summed E-state index contributed by atoms with van der Waals surface area (Å²) < 4.78 is 0. The average Bonchev–Trinajstić information content (AvgIpc) is 2.27. The molecule has 86 valence electrons. The van der Waals surface area contributed by atoms with E-state index in [1.165, 1.54) is 13.8 Å². The molecule has 0 saturated heterocycles. The molecule has 0 aliphatic heterocycles. The van der Waals surface area contributed by atoms with Gasteiger partial charge in [0.2, 0.25) is 0 Å². The summed E-state index contributed by atoms with van der Waals surface area (Å²) >= 11 is 0. The molecule has 0 saturated carbocycles. The first-order valence-electron chi connectivity index (χ1n) is 4.92. The lowest BCUT2D eigenvalue weighted by molar-refractivity contribution is -0.154. The largest absolute Gasteiger partial charge is 0.481 e. The Kier molecular flexibility index (Phi) is 3.32. The van der Waals surface area contributed by atoms with E-state index in [9.17, 15) is 14.7 Å². The van der Waals surface area contributed by atoms with Crippen molar-refractivity contribution in [2.75, 3.05) is 0 Å². The van der Waals surface area contributed by atoms with Gasteiger partial charge in [0.25, 0.3) is 0 Å². The van der Waals surface area contributed by atoms with Crippen molar-refractivity contribution in [2.45, 2.75) is 19.3 Å². The molecular formula is C12H14O4. The number of benzene rings is 1. The van der Waals surface area contributed by atoms with E-state index in [0.717, 1.165) is 0 Å². The summed E-state index contributed by atoms with van der Waals surface area (Å²) in [5, 5.41) is 18.2. The number of aliphatic carboxylic acids is 2. The van der Waals surface area contributed by atoms with Crippen LogP contribution in [0.5, 0.6) is 0 Å². The molecule has 1 rings (SSSR count). The number of hydrogen-bond donors (Lipinski definition) is 2. The summed E-state index contributed by atoms with van der Waals surface area (Å²) in [5.74, 6) is -3.24. The molecule has 2 atom stereocenters. The van der Waals surface area contributed by atoms with Crippen LogP contribution in [-0.2, 0) is 15.0 Å². The van der Waals surface area contributed by atoms with Crippen LogP contribution in [-0.4, -0.2) is 22.2 Å². The minimum absolute atomic E-state index is 0.498. The lowest BCUT2D eigenvalue weighted by Crippen LogP contribution is -2.42. The monoisotopic (exact) mass is 222 g/mol. The standard InChI is InChI=1S/C12H14O4/c1-8(10(13)14)12(2,11(15)16)9-6-4-3-5-7-9/h3-8H,1-2H3,(H,13,14)(H,15,16)/t8-,12-/m0/s1. The molecule has 0 aromatic heterocycles. The lowest BCUT2D eigenvalue weighted by Gasteiger charge is -2.29. The van der Waals surface area contributed by atoms with Gasteiger partial charge in [0.05, 0.1) is 5.92 Å². The maximum Gasteiger partial charge on any atom is 0.314 e. The molecule has 1 aromatic carbocycles. The Bertz CT molecular complexity index is 399. The molecule has 0 aliphatic carbocycles. The van der Waals surface area contributed by atoms with Crippen molar-refractivity contribution in [2.24, 2.45) is 5.92 Å². The molecule has 0 unspecified atom stereocenters. The van der Waals surface area contributed by atoms with Gasteiger partial charge in [0.15, 0.2) is 0 Å². The molecule has 2 N–H and O–H groups in total. The topological polar surface area (TPSA) is 74.6 Å². The van der Waals surface area contributed by atoms with Crippen molar-refractivity contribution >= 4 is 11.9 Å². The average molecular weight is 222 g/mol. The first-order valence-corrected chi connectivity index (χ1v) is 4.92. The molecule has 0 amide bonds. The van der Waals surface area contributed by atoms with Crippen LogP contribution in [0.15, 0.2) is 30.3 Å². The van der Waals surface area contributed by atoms with E-state index in [1.807, 2.05) is 0 Å². The first kappa shape index (κ1) is 12.2. The second-order valence-electron chi connectivity index (χ2n) is 3.93. The van der Waals surface area contributed by atoms with Gasteiger partial charge in [-0.15, -0.1) is 0 Å². The zero-order chi connectivity index (χ0) is 12.3. The van der Waals surface area contributed by atoms with Crippen molar-refractivity contribution in [3.05, 3.63) is 35.9 Å². The fourth-order valence-corrected chi connectivity index (χ4v) is 1.59. The van der Waals surface area contributed by atoms with E-state index >= 15 is 0 Å². The second-order valence-corrected chi connectivity index (χ2v) is 3.93. The van der Waals surface area contributed by atoms with Gasteiger partial charge in [0.1, 0.15) is 5.41 Å². The predicted octanol–water partition coefficient (Wildman–Crippen LogP) is 1.75. The Hall–Kier alpha value is -1.84. The molecule has 0 bridgehead atoms. The van der Waals surface area contributed by atoms with Crippen molar-refractivity contribution in [3.8, 4) is 0 Å². The smallest absolute Gasteiger partial charge is 0.314 e. The summed E-state index contributed by atoms with van der Waals surface area (Å²) in [6.45, 7) is 2.84. The Morgan fingerprint density at radius 3 is 2.06 bits per heavy atom. The van der Waals surface area contributed by atoms with Crippen LogP contribution in [0.25, 0.3) is 0 Å². The number of rotatable bonds is 4. The Morgan fingerprint density at radius 2 is 1.69 bits per heavy atom. The highest BCUT2D eigenvalue weighted by atomic mass is 16.4. The van der Waals surface area contributed by atoms with Crippen LogP contribution in [0.1, 0.15) is 19.4 Å². The normalized spacial score (nSPS) is 16.1. The Labute approximate surface area is 93.5 Å². The van der Waals surface area contributed by atoms with E-state index in [2.05, 4.69) is 0 Å². The summed E-state index contributed by atoms with van der Waals surface area (Å²) in [4.78, 5) is 22.3. The third-order valence-electron chi connectivity index (χ3n) is 3.05. The summed E-state index contributed by atoms with van der Waals surface area (Å²) in [5.41, 5.74) is -0.912. The number of carboxylic acid groups (broad SMARTS) is 2. The highest BCUT2D eigenvalue weighted by molar-refractivity contribution is 5.88. The van der Waals surface area contributed by atoms with Gasteiger partial charge in [-0.25, -0.2) is 0 Å². The molecular weight excluding hydrogens is 208 g/mol. The zero-order valence-electron chi connectivity index (χ0n) is 9.18. The van der Waals surface area contributed by atoms with Gasteiger partial charge >= 0.3 is 11.9 Å². The van der Waals surface area contributed by atoms with Crippen LogP contribution in [0.4, 0.5) is 0 Å². The highest BCUT2D eigenvalue weighted by Crippen LogP contribution is 2.32. The molecule has 0 aliphatic rings. The minimum atomic E-state index is -1.41. The molecule has 0 radical (unpaired) electrons. The fraction of sp³-hybridized carbons (Fsp3) is 0.333. The quantitative estimate of drug-likeness (QED) is 0.813. The van der Waals surface area contributed by atoms with Crippen LogP contribution >= 0.6 is 0 Å². The molecule has 4 heteroatoms. The molecule has 0 heterocycles. The number of carboxylic acids is 2. The number of carbonyl (C=O) groups is 2. The summed E-state index contributed by atoms with van der Waals surface area (Å²) in [6, 6.07) is 8.43. The first-order chi connectivity index (χ1) is 7.40. The van der Waals surface area contributed by atoms with E-state index in [4.69, 9.17) is 5.11 Å². The summed E-state index contributed by atoms with van der Waals surface area (Å²) in [7, 11) is 0. The van der Waals surface area contributed by atoms with Gasteiger partial charge in [-0.1, -0.05) is 37.3 Å². The third-order valence-corrected chi connectivity index (χ3v) is 3.05. The van der Waals surface area contributed by atoms with E-state index in [1.54, 1.807) is 30.3 Å². The maximum atomic E-state index is 11.3. The highest BCUT2D eigenvalue weighted by Gasteiger charge is 2.44. The maximum absolute atomic E-state index is 11.3. The van der Waals surface area contributed by atoms with E-state index in [-0.39, 0.29) is 0 Å². The lowest BCUT2D eigenvalue weighted by atomic mass is 9.72. The number of hydrogen-bond acceptors (Lipinski definition) is 2. The van der Waals surface area contributed by atoms with Gasteiger partial charge in [-0.3, -0.25) is 9.59 Å². The molecule has 4 nitrogen and oxygen atoms in total. The van der Waals surface area contributed by atoms with Gasteiger partial charge in [0, 0.05) is 0 Å². The van der Waals surface area contributed by atoms with E-state index in [0.29, 0.717) is 5.56 Å². The van der Waals surface area contributed by atoms with Gasteiger partial charge < -0.3 is 10.2 Å². The summed E-state index contributed by atoms with van der Waals surface area (Å²) in [6.07, 6.45) is 0. The Balaban J connectivity index is 3.28. The predicted molar refractivity (Wildman–Crippen MR) is 58.2 cm³/mol. The van der Waals surface area contributed by atoms with Crippen molar-refractivity contribution in [1.82, 2.24) is 0 Å². The van der Waals surface area contributed by atoms with Crippen LogP contribution in [0, 0.1) is 5.92 Å². The zero-order valence-corrected chi connectivity index (χ0v) is 9.18. The van der Waals surface area contributed by atoms with Crippen molar-refractivity contribution in [3.63, 3.8) is 0 Å². The SMILES string of the molecule is C[C@@H](C(=O)O)[C@](C)(C(=O)O)c1ccccc1. The van der Waals surface area contributed by atoms with Crippen LogP contribution < -0.4 is 0 Å². The fourth-order valence-electron chi connectivity index (χ4n) is 1.59. The van der Waals surface area contributed by atoms with Crippen LogP contribution in [0.3, 0.4) is 0 Å². The molecule has 16 heavy (non-hydrogen) atoms. The third kappa shape index (κ3) is 1.91. The van der Waals surface area contributed by atoms with Crippen molar-refractivity contribution in [1.29, 1.82) is 0 Å². The molecule has 0 fully saturated rings. The van der Waals surface area contributed by atoms with Gasteiger partial charge in [-0.05, 0) is 12.5 Å². The Morgan fingerprint density at radius 1 is 1.19 bits per heavy atom. The van der Waals surface area contributed by atoms with Crippen molar-refractivity contribution < 1.29 is 19.8 Å². The van der Waals surface area contributed by atoms with Gasteiger partial charge in [-0.2, -0.15) is 0 Å². The minimum Gasteiger partial charge on any atom is -0.481 e. The van der Waals surface area contributed by atoms with Crippen LogP contribution in [0.2, 0.25) is 0 Å².